The molecule has 0 saturated heterocycles. The molecular formula is C8H18NO6P. The van der Waals surface area contributed by atoms with Crippen molar-refractivity contribution in [2.75, 3.05) is 13.2 Å². The van der Waals surface area contributed by atoms with Gasteiger partial charge in [0.2, 0.25) is 0 Å². The molecule has 0 unspecified atom stereocenters. The molecule has 0 aromatic carbocycles. The van der Waals surface area contributed by atoms with Gasteiger partial charge in [0.15, 0.2) is 0 Å². The van der Waals surface area contributed by atoms with E-state index in [-0.39, 0.29) is 6.61 Å². The lowest BCUT2D eigenvalue weighted by Crippen LogP contribution is -2.21. The van der Waals surface area contributed by atoms with Gasteiger partial charge in [-0.15, -0.1) is 0 Å². The first-order valence-electron chi connectivity index (χ1n) is 5.09. The Balaban J connectivity index is 3.10. The van der Waals surface area contributed by atoms with Crippen LogP contribution in [0.25, 0.3) is 0 Å². The van der Waals surface area contributed by atoms with E-state index in [0.717, 1.165) is 25.7 Å². The van der Waals surface area contributed by atoms with Crippen molar-refractivity contribution in [3.63, 3.8) is 0 Å². The fraction of sp³-hybridized carbons (Fsp3) is 0.875. The third-order valence-corrected chi connectivity index (χ3v) is 2.38. The van der Waals surface area contributed by atoms with Gasteiger partial charge in [0, 0.05) is 6.54 Å². The highest BCUT2D eigenvalue weighted by molar-refractivity contribution is 7.46. The lowest BCUT2D eigenvalue weighted by molar-refractivity contribution is 0.193. The number of hydrogen-bond donors (Lipinski definition) is 4. The molecule has 0 aromatic rings. The van der Waals surface area contributed by atoms with Crippen LogP contribution in [0.5, 0.6) is 0 Å². The highest BCUT2D eigenvalue weighted by atomic mass is 31.2. The second-order valence-electron chi connectivity index (χ2n) is 3.32. The summed E-state index contributed by atoms with van der Waals surface area (Å²) in [6.45, 7) is 0.492. The summed E-state index contributed by atoms with van der Waals surface area (Å²) in [6.07, 6.45) is 2.94. The van der Waals surface area contributed by atoms with Gasteiger partial charge in [-0.05, 0) is 12.8 Å². The van der Waals surface area contributed by atoms with E-state index in [4.69, 9.17) is 14.9 Å². The number of unbranched alkanes of at least 4 members (excludes halogenated alkanes) is 4. The van der Waals surface area contributed by atoms with Crippen molar-refractivity contribution in [3.8, 4) is 0 Å². The number of phosphoric ester groups is 1. The molecule has 0 aliphatic heterocycles. The molecule has 0 aliphatic rings. The summed E-state index contributed by atoms with van der Waals surface area (Å²) < 4.78 is 14.5. The minimum Gasteiger partial charge on any atom is -0.465 e. The summed E-state index contributed by atoms with van der Waals surface area (Å²) in [6, 6.07) is 0. The monoisotopic (exact) mass is 255 g/mol. The molecule has 0 spiro atoms. The van der Waals surface area contributed by atoms with E-state index in [1.54, 1.807) is 0 Å². The maximum absolute atomic E-state index is 10.3. The predicted octanol–water partition coefficient (Wildman–Crippen LogP) is 1.31. The molecule has 4 N–H and O–H groups in total. The van der Waals surface area contributed by atoms with Crippen LogP contribution in [-0.4, -0.2) is 34.1 Å². The van der Waals surface area contributed by atoms with E-state index in [1.807, 2.05) is 0 Å². The second-order valence-corrected chi connectivity index (χ2v) is 4.56. The summed E-state index contributed by atoms with van der Waals surface area (Å²) in [7, 11) is -4.32. The van der Waals surface area contributed by atoms with Crippen LogP contribution < -0.4 is 5.32 Å². The van der Waals surface area contributed by atoms with Crippen molar-refractivity contribution in [1.82, 2.24) is 5.32 Å². The van der Waals surface area contributed by atoms with Crippen molar-refractivity contribution in [2.45, 2.75) is 32.1 Å². The topological polar surface area (TPSA) is 116 Å². The first-order chi connectivity index (χ1) is 7.42. The Morgan fingerprint density at radius 3 is 2.25 bits per heavy atom. The molecule has 0 radical (unpaired) electrons. The number of phosphoric acid groups is 1. The maximum Gasteiger partial charge on any atom is 0.469 e. The number of amides is 1. The molecule has 0 bridgehead atoms. The first kappa shape index (κ1) is 15.4. The maximum atomic E-state index is 10.3. The first-order valence-corrected chi connectivity index (χ1v) is 6.62. The van der Waals surface area contributed by atoms with Crippen LogP contribution >= 0.6 is 7.82 Å². The van der Waals surface area contributed by atoms with E-state index in [0.29, 0.717) is 13.0 Å². The summed E-state index contributed by atoms with van der Waals surface area (Å²) in [5.74, 6) is 0. The predicted molar refractivity (Wildman–Crippen MR) is 57.1 cm³/mol. The van der Waals surface area contributed by atoms with Crippen molar-refractivity contribution in [1.29, 1.82) is 0 Å². The zero-order chi connectivity index (χ0) is 12.4. The number of carboxylic acid groups (broad SMARTS) is 1. The van der Waals surface area contributed by atoms with Crippen LogP contribution in [0.15, 0.2) is 0 Å². The highest BCUT2D eigenvalue weighted by Crippen LogP contribution is 2.35. The van der Waals surface area contributed by atoms with Gasteiger partial charge in [-0.2, -0.15) is 0 Å². The van der Waals surface area contributed by atoms with Gasteiger partial charge < -0.3 is 20.2 Å². The standard InChI is InChI=1S/C8H18NO6P/c10-8(11)9-6-4-2-1-3-5-7-15-16(12,13)14/h9H,1-7H2,(H,10,11)(H2,12,13,14). The van der Waals surface area contributed by atoms with E-state index in [1.165, 1.54) is 0 Å². The molecular weight excluding hydrogens is 237 g/mol. The lowest BCUT2D eigenvalue weighted by Gasteiger charge is -2.04. The average molecular weight is 255 g/mol. The number of rotatable bonds is 9. The normalized spacial score (nSPS) is 11.4. The van der Waals surface area contributed by atoms with Crippen molar-refractivity contribution in [3.05, 3.63) is 0 Å². The van der Waals surface area contributed by atoms with Gasteiger partial charge >= 0.3 is 13.9 Å². The van der Waals surface area contributed by atoms with E-state index < -0.39 is 13.9 Å². The molecule has 96 valence electrons. The molecule has 16 heavy (non-hydrogen) atoms. The van der Waals surface area contributed by atoms with Crippen molar-refractivity contribution >= 4 is 13.9 Å². The Bertz CT molecular complexity index is 241. The van der Waals surface area contributed by atoms with Crippen molar-refractivity contribution in [2.24, 2.45) is 0 Å². The molecule has 0 saturated carbocycles. The third kappa shape index (κ3) is 13.4. The minimum atomic E-state index is -4.32. The van der Waals surface area contributed by atoms with Gasteiger partial charge in [0.05, 0.1) is 6.61 Å². The van der Waals surface area contributed by atoms with Crippen LogP contribution in [-0.2, 0) is 9.09 Å². The Morgan fingerprint density at radius 2 is 1.69 bits per heavy atom. The Morgan fingerprint density at radius 1 is 1.12 bits per heavy atom. The van der Waals surface area contributed by atoms with E-state index in [2.05, 4.69) is 9.84 Å². The largest absolute Gasteiger partial charge is 0.469 e. The fourth-order valence-electron chi connectivity index (χ4n) is 1.14. The van der Waals surface area contributed by atoms with Gasteiger partial charge in [-0.3, -0.25) is 4.52 Å². The SMILES string of the molecule is O=C(O)NCCCCCCCOP(=O)(O)O. The molecule has 0 atom stereocenters. The quantitative estimate of drug-likeness (QED) is 0.364. The number of hydrogen-bond acceptors (Lipinski definition) is 3. The molecule has 0 aromatic heterocycles. The van der Waals surface area contributed by atoms with Crippen LogP contribution in [0.1, 0.15) is 32.1 Å². The molecule has 0 fully saturated rings. The van der Waals surface area contributed by atoms with Gasteiger partial charge in [-0.25, -0.2) is 9.36 Å². The van der Waals surface area contributed by atoms with Gasteiger partial charge in [-0.1, -0.05) is 19.3 Å². The third-order valence-electron chi connectivity index (χ3n) is 1.86. The molecule has 7 nitrogen and oxygen atoms in total. The Hall–Kier alpha value is -0.620. The molecule has 0 rings (SSSR count). The highest BCUT2D eigenvalue weighted by Gasteiger charge is 2.12. The summed E-state index contributed by atoms with van der Waals surface area (Å²) >= 11 is 0. The number of carbonyl (C=O) groups is 1. The smallest absolute Gasteiger partial charge is 0.465 e. The van der Waals surface area contributed by atoms with Crippen LogP contribution in [0.2, 0.25) is 0 Å². The van der Waals surface area contributed by atoms with E-state index >= 15 is 0 Å². The summed E-state index contributed by atoms with van der Waals surface area (Å²) in [4.78, 5) is 26.8. The molecule has 0 aliphatic carbocycles. The second kappa shape index (κ2) is 8.52. The average Bonchev–Trinajstić information content (AvgIpc) is 2.13. The lowest BCUT2D eigenvalue weighted by atomic mass is 10.1. The molecule has 1 amide bonds. The fourth-order valence-corrected chi connectivity index (χ4v) is 1.50. The molecule has 8 heteroatoms. The van der Waals surface area contributed by atoms with Gasteiger partial charge in [0.1, 0.15) is 0 Å². The Kier molecular flexibility index (Phi) is 8.19. The van der Waals surface area contributed by atoms with Gasteiger partial charge in [0.25, 0.3) is 0 Å². The molecule has 0 heterocycles. The van der Waals surface area contributed by atoms with Crippen LogP contribution in [0.4, 0.5) is 4.79 Å². The Labute approximate surface area is 94.1 Å². The van der Waals surface area contributed by atoms with Crippen LogP contribution in [0, 0.1) is 0 Å². The van der Waals surface area contributed by atoms with Crippen molar-refractivity contribution < 1.29 is 28.8 Å². The minimum absolute atomic E-state index is 0.0532. The van der Waals surface area contributed by atoms with Crippen LogP contribution in [0.3, 0.4) is 0 Å². The number of nitrogens with one attached hydrogen (secondary N) is 1. The summed E-state index contributed by atoms with van der Waals surface area (Å²) in [5.41, 5.74) is 0. The zero-order valence-electron chi connectivity index (χ0n) is 8.96. The van der Waals surface area contributed by atoms with E-state index in [9.17, 15) is 9.36 Å². The summed E-state index contributed by atoms with van der Waals surface area (Å²) in [5, 5.41) is 10.5. The zero-order valence-corrected chi connectivity index (χ0v) is 9.86.